The molecule has 2 heterocycles. The minimum Gasteiger partial charge on any atom is -0.493 e. The summed E-state index contributed by atoms with van der Waals surface area (Å²) in [6.45, 7) is 1.69. The van der Waals surface area contributed by atoms with Crippen molar-refractivity contribution in [1.29, 1.82) is 0 Å². The first-order valence-electron chi connectivity index (χ1n) is 8.26. The van der Waals surface area contributed by atoms with Crippen molar-refractivity contribution >= 4 is 5.91 Å². The average molecular weight is 340 g/mol. The van der Waals surface area contributed by atoms with E-state index in [1.807, 2.05) is 12.1 Å². The zero-order valence-corrected chi connectivity index (χ0v) is 13.5. The Balaban J connectivity index is 1.49. The van der Waals surface area contributed by atoms with Crippen LogP contribution in [0.3, 0.4) is 0 Å². The van der Waals surface area contributed by atoms with Gasteiger partial charge in [0.05, 0.1) is 26.4 Å². The van der Waals surface area contributed by atoms with Gasteiger partial charge in [0, 0.05) is 19.5 Å². The molecule has 0 radical (unpaired) electrons. The summed E-state index contributed by atoms with van der Waals surface area (Å²) in [7, 11) is 0. The molecule has 0 saturated carbocycles. The lowest BCUT2D eigenvalue weighted by atomic mass is 10.1. The number of benzene rings is 1. The van der Waals surface area contributed by atoms with Crippen LogP contribution in [0.5, 0.6) is 5.75 Å². The predicted octanol–water partition coefficient (Wildman–Crippen LogP) is 1.25. The highest BCUT2D eigenvalue weighted by Crippen LogP contribution is 2.25. The van der Waals surface area contributed by atoms with E-state index in [1.54, 1.807) is 0 Å². The van der Waals surface area contributed by atoms with Gasteiger partial charge in [-0.2, -0.15) is 0 Å². The third-order valence-electron chi connectivity index (χ3n) is 4.38. The monoisotopic (exact) mass is 340 g/mol. The van der Waals surface area contributed by atoms with Crippen LogP contribution >= 0.6 is 0 Å². The lowest BCUT2D eigenvalue weighted by Gasteiger charge is -2.34. The molecule has 1 aromatic carbocycles. The van der Waals surface area contributed by atoms with Gasteiger partial charge in [0.1, 0.15) is 11.8 Å². The molecule has 0 spiro atoms. The van der Waals surface area contributed by atoms with Crippen molar-refractivity contribution < 1.29 is 23.0 Å². The SMILES string of the molecule is O=C(NCCc1ccc2c(c1)CCO2)[C@H]1COCCN1CC(F)F. The van der Waals surface area contributed by atoms with Crippen molar-refractivity contribution in [3.8, 4) is 5.75 Å². The largest absolute Gasteiger partial charge is 0.493 e. The van der Waals surface area contributed by atoms with Gasteiger partial charge < -0.3 is 14.8 Å². The third kappa shape index (κ3) is 4.21. The zero-order chi connectivity index (χ0) is 16.9. The standard InChI is InChI=1S/C17H22F2N2O3/c18-16(19)10-21-6-8-23-11-14(21)17(22)20-5-3-12-1-2-15-13(9-12)4-7-24-15/h1-2,9,14,16H,3-8,10-11H2,(H,20,22)/t14-/m1/s1. The molecule has 2 aliphatic rings. The quantitative estimate of drug-likeness (QED) is 0.847. The molecule has 0 aliphatic carbocycles. The maximum Gasteiger partial charge on any atom is 0.251 e. The molecular weight excluding hydrogens is 318 g/mol. The molecule has 1 aromatic rings. The van der Waals surface area contributed by atoms with Gasteiger partial charge in [-0.1, -0.05) is 12.1 Å². The fourth-order valence-corrected chi connectivity index (χ4v) is 3.12. The van der Waals surface area contributed by atoms with Crippen molar-refractivity contribution in [2.75, 3.05) is 39.5 Å². The second kappa shape index (κ2) is 7.90. The molecule has 0 aromatic heterocycles. The molecule has 2 aliphatic heterocycles. The van der Waals surface area contributed by atoms with Crippen LogP contribution in [0.25, 0.3) is 0 Å². The van der Waals surface area contributed by atoms with Gasteiger partial charge in [0.2, 0.25) is 5.91 Å². The molecule has 5 nitrogen and oxygen atoms in total. The number of nitrogens with zero attached hydrogens (tertiary/aromatic N) is 1. The number of morpholine rings is 1. The second-order valence-corrected chi connectivity index (χ2v) is 6.06. The maximum absolute atomic E-state index is 12.6. The Hall–Kier alpha value is -1.73. The maximum atomic E-state index is 12.6. The number of alkyl halides is 2. The molecule has 1 amide bonds. The Kier molecular flexibility index (Phi) is 5.63. The average Bonchev–Trinajstić information content (AvgIpc) is 3.02. The zero-order valence-electron chi connectivity index (χ0n) is 13.5. The smallest absolute Gasteiger partial charge is 0.251 e. The summed E-state index contributed by atoms with van der Waals surface area (Å²) >= 11 is 0. The number of ether oxygens (including phenoxy) is 2. The first-order valence-corrected chi connectivity index (χ1v) is 8.26. The first kappa shape index (κ1) is 17.1. The summed E-state index contributed by atoms with van der Waals surface area (Å²) in [6.07, 6.45) is -0.842. The molecule has 132 valence electrons. The number of amides is 1. The molecule has 0 bridgehead atoms. The van der Waals surface area contributed by atoms with Crippen LogP contribution in [-0.4, -0.2) is 62.7 Å². The summed E-state index contributed by atoms with van der Waals surface area (Å²) in [5, 5.41) is 2.84. The molecule has 24 heavy (non-hydrogen) atoms. The molecule has 1 N–H and O–H groups in total. The molecular formula is C17H22F2N2O3. The van der Waals surface area contributed by atoms with E-state index in [0.717, 1.165) is 24.3 Å². The highest BCUT2D eigenvalue weighted by atomic mass is 19.3. The van der Waals surface area contributed by atoms with Gasteiger partial charge in [-0.3, -0.25) is 9.69 Å². The number of hydrogen-bond donors (Lipinski definition) is 1. The van der Waals surface area contributed by atoms with E-state index in [2.05, 4.69) is 11.4 Å². The minimum atomic E-state index is -2.45. The van der Waals surface area contributed by atoms with Crippen molar-refractivity contribution in [1.82, 2.24) is 10.2 Å². The van der Waals surface area contributed by atoms with Crippen LogP contribution in [0.1, 0.15) is 11.1 Å². The highest BCUT2D eigenvalue weighted by molar-refractivity contribution is 5.82. The van der Waals surface area contributed by atoms with Crippen molar-refractivity contribution in [3.05, 3.63) is 29.3 Å². The molecule has 1 saturated heterocycles. The Morgan fingerprint density at radius 1 is 1.38 bits per heavy atom. The predicted molar refractivity (Wildman–Crippen MR) is 84.5 cm³/mol. The van der Waals surface area contributed by atoms with E-state index in [4.69, 9.17) is 9.47 Å². The number of fused-ring (bicyclic) bond motifs is 1. The fourth-order valence-electron chi connectivity index (χ4n) is 3.12. The lowest BCUT2D eigenvalue weighted by Crippen LogP contribution is -2.55. The number of halogens is 2. The van der Waals surface area contributed by atoms with Crippen LogP contribution in [0, 0.1) is 0 Å². The van der Waals surface area contributed by atoms with Gasteiger partial charge in [-0.05, 0) is 23.6 Å². The Morgan fingerprint density at radius 3 is 3.08 bits per heavy atom. The van der Waals surface area contributed by atoms with E-state index < -0.39 is 19.0 Å². The normalized spacial score (nSPS) is 20.7. The van der Waals surface area contributed by atoms with E-state index in [-0.39, 0.29) is 12.5 Å². The molecule has 1 fully saturated rings. The number of rotatable bonds is 6. The van der Waals surface area contributed by atoms with E-state index in [0.29, 0.717) is 26.1 Å². The van der Waals surface area contributed by atoms with Crippen LogP contribution in [0.4, 0.5) is 8.78 Å². The van der Waals surface area contributed by atoms with Gasteiger partial charge >= 0.3 is 0 Å². The van der Waals surface area contributed by atoms with Crippen LogP contribution in [0.15, 0.2) is 18.2 Å². The van der Waals surface area contributed by atoms with Crippen LogP contribution in [0.2, 0.25) is 0 Å². The number of carbonyl (C=O) groups is 1. The van der Waals surface area contributed by atoms with Gasteiger partial charge in [0.25, 0.3) is 6.43 Å². The molecule has 0 unspecified atom stereocenters. The van der Waals surface area contributed by atoms with Crippen molar-refractivity contribution in [3.63, 3.8) is 0 Å². The van der Waals surface area contributed by atoms with Crippen LogP contribution < -0.4 is 10.1 Å². The van der Waals surface area contributed by atoms with Gasteiger partial charge in [0.15, 0.2) is 0 Å². The van der Waals surface area contributed by atoms with Crippen molar-refractivity contribution in [2.24, 2.45) is 0 Å². The van der Waals surface area contributed by atoms with Crippen molar-refractivity contribution in [2.45, 2.75) is 25.3 Å². The van der Waals surface area contributed by atoms with Crippen LogP contribution in [-0.2, 0) is 22.4 Å². The Labute approximate surface area is 139 Å². The summed E-state index contributed by atoms with van der Waals surface area (Å²) in [5.41, 5.74) is 2.33. The van der Waals surface area contributed by atoms with Gasteiger partial charge in [-0.25, -0.2) is 8.78 Å². The van der Waals surface area contributed by atoms with E-state index in [1.165, 1.54) is 10.5 Å². The Bertz CT molecular complexity index is 583. The minimum absolute atomic E-state index is 0.161. The summed E-state index contributed by atoms with van der Waals surface area (Å²) < 4.78 is 36.0. The molecule has 3 rings (SSSR count). The molecule has 1 atom stereocenters. The first-order chi connectivity index (χ1) is 11.6. The number of carbonyl (C=O) groups excluding carboxylic acids is 1. The lowest BCUT2D eigenvalue weighted by molar-refractivity contribution is -0.133. The highest BCUT2D eigenvalue weighted by Gasteiger charge is 2.30. The third-order valence-corrected chi connectivity index (χ3v) is 4.38. The van der Waals surface area contributed by atoms with E-state index in [9.17, 15) is 13.6 Å². The fraction of sp³-hybridized carbons (Fsp3) is 0.588. The topological polar surface area (TPSA) is 50.8 Å². The number of hydrogen-bond acceptors (Lipinski definition) is 4. The van der Waals surface area contributed by atoms with E-state index >= 15 is 0 Å². The summed E-state index contributed by atoms with van der Waals surface area (Å²) in [5.74, 6) is 0.685. The molecule has 7 heteroatoms. The van der Waals surface area contributed by atoms with Gasteiger partial charge in [-0.15, -0.1) is 0 Å². The Morgan fingerprint density at radius 2 is 2.25 bits per heavy atom. The second-order valence-electron chi connectivity index (χ2n) is 6.06. The number of nitrogens with one attached hydrogen (secondary N) is 1. The summed E-state index contributed by atoms with van der Waals surface area (Å²) in [4.78, 5) is 13.8. The summed E-state index contributed by atoms with van der Waals surface area (Å²) in [6, 6.07) is 5.41.